The summed E-state index contributed by atoms with van der Waals surface area (Å²) in [7, 11) is 0. The molecule has 11 heavy (non-hydrogen) atoms. The fraction of sp³-hybridized carbons (Fsp3) is 0.125. The van der Waals surface area contributed by atoms with Crippen molar-refractivity contribution in [1.29, 1.82) is 0 Å². The normalized spacial score (nSPS) is 10.7. The smallest absolute Gasteiger partial charge is 0.0934 e. The predicted octanol–water partition coefficient (Wildman–Crippen LogP) is 2.54. The average molecular weight is 258 g/mol. The molecule has 0 amide bonds. The maximum atomic E-state index is 4.32. The van der Waals surface area contributed by atoms with Crippen LogP contribution in [0.3, 0.4) is 0 Å². The fourth-order valence-corrected chi connectivity index (χ4v) is 1.63. The van der Waals surface area contributed by atoms with Crippen molar-refractivity contribution in [1.82, 2.24) is 7.99 Å². The van der Waals surface area contributed by atoms with E-state index >= 15 is 0 Å². The zero-order valence-corrected chi connectivity index (χ0v) is 8.24. The predicted molar refractivity (Wildman–Crippen MR) is 53.9 cm³/mol. The third-order valence-electron chi connectivity index (χ3n) is 1.77. The number of nitrogens with zero attached hydrogens (tertiary/aromatic N) is 2. The molecular weight excluding hydrogens is 251 g/mol. The second-order valence-corrected chi connectivity index (χ2v) is 3.38. The molecule has 1 aromatic heterocycles. The van der Waals surface area contributed by atoms with E-state index in [1.807, 2.05) is 21.1 Å². The summed E-state index contributed by atoms with van der Waals surface area (Å²) >= 11 is 2.18. The molecule has 2 nitrogen and oxygen atoms in total. The highest BCUT2D eigenvalue weighted by molar-refractivity contribution is 14.1. The van der Waals surface area contributed by atoms with Crippen LogP contribution in [-0.4, -0.2) is 7.99 Å². The van der Waals surface area contributed by atoms with Gasteiger partial charge in [-0.1, -0.05) is 18.2 Å². The van der Waals surface area contributed by atoms with Crippen LogP contribution in [0.5, 0.6) is 0 Å². The van der Waals surface area contributed by atoms with E-state index in [9.17, 15) is 0 Å². The van der Waals surface area contributed by atoms with Crippen LogP contribution in [0.2, 0.25) is 0 Å². The lowest BCUT2D eigenvalue weighted by Gasteiger charge is -1.87. The van der Waals surface area contributed by atoms with Crippen LogP contribution in [0, 0.1) is 6.92 Å². The molecule has 56 valence electrons. The van der Waals surface area contributed by atoms with Gasteiger partial charge in [-0.2, -0.15) is 5.10 Å². The Labute approximate surface area is 78.7 Å². The molecule has 0 bridgehead atoms. The Morgan fingerprint density at radius 3 is 2.82 bits per heavy atom. The molecule has 0 N–H and O–H groups in total. The number of rotatable bonds is 0. The number of aryl methyl sites for hydroxylation is 1. The highest BCUT2D eigenvalue weighted by Gasteiger charge is 2.02. The Morgan fingerprint density at radius 2 is 2.09 bits per heavy atom. The minimum Gasteiger partial charge on any atom is -0.207 e. The first kappa shape index (κ1) is 7.09. The van der Waals surface area contributed by atoms with Crippen LogP contribution in [0.15, 0.2) is 24.3 Å². The first-order chi connectivity index (χ1) is 5.29. The lowest BCUT2D eigenvalue weighted by atomic mass is 10.2. The summed E-state index contributed by atoms with van der Waals surface area (Å²) in [6, 6.07) is 8.16. The molecule has 2 rings (SSSR count). The van der Waals surface area contributed by atoms with Gasteiger partial charge in [0.15, 0.2) is 0 Å². The average Bonchev–Trinajstić information content (AvgIpc) is 2.30. The molecule has 0 aliphatic carbocycles. The molecule has 0 atom stereocenters. The van der Waals surface area contributed by atoms with Gasteiger partial charge in [0.25, 0.3) is 0 Å². The topological polar surface area (TPSA) is 17.8 Å². The summed E-state index contributed by atoms with van der Waals surface area (Å²) in [4.78, 5) is 0. The van der Waals surface area contributed by atoms with Crippen LogP contribution in [0.4, 0.5) is 0 Å². The summed E-state index contributed by atoms with van der Waals surface area (Å²) < 4.78 is 1.88. The second-order valence-electron chi connectivity index (χ2n) is 2.46. The van der Waals surface area contributed by atoms with Gasteiger partial charge in [-0.3, -0.25) is 0 Å². The molecule has 2 aromatic rings. The SMILES string of the molecule is Cc1c2ccccc2nn1I. The second kappa shape index (κ2) is 2.48. The largest absolute Gasteiger partial charge is 0.207 e. The summed E-state index contributed by atoms with van der Waals surface area (Å²) in [5.74, 6) is 0. The summed E-state index contributed by atoms with van der Waals surface area (Å²) in [5.41, 5.74) is 2.28. The molecule has 0 fully saturated rings. The number of hydrogen-bond acceptors (Lipinski definition) is 1. The summed E-state index contributed by atoms with van der Waals surface area (Å²) in [6.45, 7) is 2.07. The first-order valence-corrected chi connectivity index (χ1v) is 4.36. The van der Waals surface area contributed by atoms with Crippen LogP contribution >= 0.6 is 22.9 Å². The molecule has 0 aliphatic rings. The summed E-state index contributed by atoms with van der Waals surface area (Å²) in [6.07, 6.45) is 0. The maximum absolute atomic E-state index is 4.32. The molecular formula is C8H7IN2. The number of fused-ring (bicyclic) bond motifs is 1. The van der Waals surface area contributed by atoms with Crippen molar-refractivity contribution in [2.24, 2.45) is 0 Å². The van der Waals surface area contributed by atoms with Gasteiger partial charge in [-0.05, 0) is 13.0 Å². The van der Waals surface area contributed by atoms with Gasteiger partial charge in [0, 0.05) is 5.39 Å². The molecule has 0 aliphatic heterocycles. The minimum absolute atomic E-state index is 1.07. The lowest BCUT2D eigenvalue weighted by molar-refractivity contribution is 1.03. The molecule has 1 aromatic carbocycles. The Hall–Kier alpha value is -0.580. The highest BCUT2D eigenvalue weighted by atomic mass is 127. The van der Waals surface area contributed by atoms with Crippen molar-refractivity contribution < 1.29 is 0 Å². The van der Waals surface area contributed by atoms with Crippen molar-refractivity contribution in [3.8, 4) is 0 Å². The van der Waals surface area contributed by atoms with Crippen LogP contribution < -0.4 is 0 Å². The van der Waals surface area contributed by atoms with E-state index < -0.39 is 0 Å². The van der Waals surface area contributed by atoms with Gasteiger partial charge in [0.05, 0.1) is 34.1 Å². The van der Waals surface area contributed by atoms with Crippen molar-refractivity contribution in [2.45, 2.75) is 6.92 Å². The molecule has 0 saturated heterocycles. The number of aromatic nitrogens is 2. The van der Waals surface area contributed by atoms with Gasteiger partial charge in [0.2, 0.25) is 0 Å². The van der Waals surface area contributed by atoms with E-state index in [1.165, 1.54) is 11.1 Å². The monoisotopic (exact) mass is 258 g/mol. The van der Waals surface area contributed by atoms with Crippen molar-refractivity contribution in [2.75, 3.05) is 0 Å². The lowest BCUT2D eigenvalue weighted by Crippen LogP contribution is -1.81. The maximum Gasteiger partial charge on any atom is 0.0934 e. The van der Waals surface area contributed by atoms with E-state index in [-0.39, 0.29) is 0 Å². The number of hydrogen-bond donors (Lipinski definition) is 0. The van der Waals surface area contributed by atoms with Gasteiger partial charge in [-0.15, -0.1) is 0 Å². The molecule has 3 heteroatoms. The Morgan fingerprint density at radius 1 is 1.36 bits per heavy atom. The van der Waals surface area contributed by atoms with E-state index in [2.05, 4.69) is 41.0 Å². The highest BCUT2D eigenvalue weighted by Crippen LogP contribution is 2.17. The Balaban J connectivity index is 2.92. The Kier molecular flexibility index (Phi) is 1.60. The summed E-state index contributed by atoms with van der Waals surface area (Å²) in [5, 5.41) is 5.55. The Bertz CT molecular complexity index is 392. The fourth-order valence-electron chi connectivity index (χ4n) is 1.14. The van der Waals surface area contributed by atoms with Crippen LogP contribution in [0.1, 0.15) is 5.69 Å². The van der Waals surface area contributed by atoms with Crippen molar-refractivity contribution in [3.05, 3.63) is 30.0 Å². The van der Waals surface area contributed by atoms with Crippen LogP contribution in [0.25, 0.3) is 10.9 Å². The van der Waals surface area contributed by atoms with E-state index in [0.29, 0.717) is 0 Å². The van der Waals surface area contributed by atoms with Gasteiger partial charge >= 0.3 is 0 Å². The van der Waals surface area contributed by atoms with Crippen molar-refractivity contribution in [3.63, 3.8) is 0 Å². The van der Waals surface area contributed by atoms with Gasteiger partial charge in [-0.25, -0.2) is 2.90 Å². The van der Waals surface area contributed by atoms with Gasteiger partial charge in [0.1, 0.15) is 0 Å². The van der Waals surface area contributed by atoms with Gasteiger partial charge < -0.3 is 0 Å². The third kappa shape index (κ3) is 1.03. The third-order valence-corrected chi connectivity index (χ3v) is 2.71. The van der Waals surface area contributed by atoms with E-state index in [4.69, 9.17) is 0 Å². The quantitative estimate of drug-likeness (QED) is 0.664. The van der Waals surface area contributed by atoms with E-state index in [0.717, 1.165) is 5.52 Å². The molecule has 0 radical (unpaired) electrons. The first-order valence-electron chi connectivity index (χ1n) is 3.39. The van der Waals surface area contributed by atoms with E-state index in [1.54, 1.807) is 0 Å². The standard InChI is InChI=1S/C8H7IN2/c1-6-7-4-2-3-5-8(7)10-11(6)9/h2-5H,1H3. The van der Waals surface area contributed by atoms with Crippen LogP contribution in [-0.2, 0) is 0 Å². The van der Waals surface area contributed by atoms with Crippen molar-refractivity contribution >= 4 is 33.8 Å². The number of halogens is 1. The molecule has 1 heterocycles. The molecule has 0 saturated carbocycles. The number of benzene rings is 1. The zero-order valence-electron chi connectivity index (χ0n) is 6.08. The minimum atomic E-state index is 1.07. The zero-order chi connectivity index (χ0) is 7.84. The molecule has 0 unspecified atom stereocenters. The molecule has 0 spiro atoms.